The van der Waals surface area contributed by atoms with E-state index in [0.29, 0.717) is 0 Å². The first-order valence-electron chi connectivity index (χ1n) is 3.44. The predicted octanol–water partition coefficient (Wildman–Crippen LogP) is 0.907. The van der Waals surface area contributed by atoms with Gasteiger partial charge in [0, 0.05) is 5.57 Å². The second kappa shape index (κ2) is 5.79. The summed E-state index contributed by atoms with van der Waals surface area (Å²) in [5, 5.41) is 42.5. The largest absolute Gasteiger partial charge is 0.198 e. The molecule has 0 aliphatic heterocycles. The predicted molar refractivity (Wildman–Crippen MR) is 43.2 cm³/mol. The van der Waals surface area contributed by atoms with Gasteiger partial charge in [0.25, 0.3) is 0 Å². The molecule has 0 bridgehead atoms. The fourth-order valence-electron chi connectivity index (χ4n) is 0.773. The Morgan fingerprint density at radius 2 is 1.43 bits per heavy atom. The molecule has 0 aromatic carbocycles. The highest BCUT2D eigenvalue weighted by Gasteiger charge is 2.17. The monoisotopic (exact) mass is 181 g/mol. The number of hydrogen-bond donors (Lipinski definition) is 0. The van der Waals surface area contributed by atoms with Gasteiger partial charge in [0.15, 0.2) is 5.92 Å². The molecule has 0 unspecified atom stereocenters. The van der Waals surface area contributed by atoms with Crippen molar-refractivity contribution < 1.29 is 0 Å². The zero-order valence-corrected chi connectivity index (χ0v) is 7.02. The smallest absolute Gasteiger partial charge is 0.157 e. The van der Waals surface area contributed by atoms with Crippen LogP contribution in [0.15, 0.2) is 11.1 Å². The molecule has 0 saturated heterocycles. The lowest BCUT2D eigenvalue weighted by atomic mass is 9.95. The van der Waals surface area contributed by atoms with Gasteiger partial charge in [-0.1, -0.05) is 0 Å². The molecule has 0 aromatic heterocycles. The second-order valence-corrected chi connectivity index (χ2v) is 2.15. The first-order valence-corrected chi connectivity index (χ1v) is 3.44. The summed E-state index contributed by atoms with van der Waals surface area (Å²) in [5.41, 5.74) is -0.359. The average molecular weight is 181 g/mol. The van der Waals surface area contributed by atoms with E-state index in [1.807, 2.05) is 0 Å². The summed E-state index contributed by atoms with van der Waals surface area (Å²) in [6, 6.07) is 8.03. The lowest BCUT2D eigenvalue weighted by Gasteiger charge is -2.00. The Hall–Kier alpha value is -2.81. The number of allylic oxidation sites excluding steroid dienone is 2. The summed E-state index contributed by atoms with van der Waals surface area (Å²) < 4.78 is 0. The second-order valence-electron chi connectivity index (χ2n) is 2.15. The fraction of sp³-hybridized carbons (Fsp3) is 0.222. The maximum Gasteiger partial charge on any atom is 0.157 e. The van der Waals surface area contributed by atoms with Gasteiger partial charge >= 0.3 is 0 Å². The lowest BCUT2D eigenvalue weighted by Crippen LogP contribution is -2.01. The minimum Gasteiger partial charge on any atom is -0.198 e. The summed E-state index contributed by atoms with van der Waals surface area (Å²) in [7, 11) is 0. The van der Waals surface area contributed by atoms with Gasteiger partial charge in [0.1, 0.15) is 17.7 Å². The SMILES string of the molecule is N#CCC(=C(C#N)C#N)C(C#N)C#N. The van der Waals surface area contributed by atoms with Gasteiger partial charge in [-0.15, -0.1) is 0 Å². The van der Waals surface area contributed by atoms with Crippen molar-refractivity contribution in [1.82, 2.24) is 0 Å². The maximum atomic E-state index is 8.53. The molecule has 0 aromatic rings. The first kappa shape index (κ1) is 11.2. The van der Waals surface area contributed by atoms with Crippen LogP contribution >= 0.6 is 0 Å². The fourth-order valence-corrected chi connectivity index (χ4v) is 0.773. The van der Waals surface area contributed by atoms with E-state index in [1.54, 1.807) is 30.3 Å². The third kappa shape index (κ3) is 2.35. The van der Waals surface area contributed by atoms with Crippen molar-refractivity contribution in [2.45, 2.75) is 6.42 Å². The van der Waals surface area contributed by atoms with Crippen molar-refractivity contribution in [3.8, 4) is 30.3 Å². The molecule has 5 heteroatoms. The average Bonchev–Trinajstić information content (AvgIpc) is 2.21. The van der Waals surface area contributed by atoms with Crippen molar-refractivity contribution in [2.24, 2.45) is 5.92 Å². The van der Waals surface area contributed by atoms with E-state index in [9.17, 15) is 0 Å². The van der Waals surface area contributed by atoms with E-state index < -0.39 is 5.92 Å². The number of hydrogen-bond acceptors (Lipinski definition) is 5. The molecule has 0 atom stereocenters. The summed E-state index contributed by atoms with van der Waals surface area (Å²) in [5.74, 6) is -1.20. The summed E-state index contributed by atoms with van der Waals surface area (Å²) in [4.78, 5) is 0. The molecule has 0 heterocycles. The molecule has 0 aliphatic carbocycles. The zero-order valence-electron chi connectivity index (χ0n) is 7.02. The molecule has 0 saturated carbocycles. The molecule has 0 radical (unpaired) electrons. The molecule has 0 N–H and O–H groups in total. The number of rotatable bonds is 2. The molecule has 5 nitrogen and oxygen atoms in total. The Morgan fingerprint density at radius 1 is 0.929 bits per heavy atom. The van der Waals surface area contributed by atoms with E-state index in [1.165, 1.54) is 0 Å². The van der Waals surface area contributed by atoms with Gasteiger partial charge in [-0.2, -0.15) is 26.3 Å². The van der Waals surface area contributed by atoms with Gasteiger partial charge in [0.2, 0.25) is 0 Å². The highest BCUT2D eigenvalue weighted by atomic mass is 14.4. The van der Waals surface area contributed by atoms with Crippen molar-refractivity contribution >= 4 is 0 Å². The number of nitrogens with zero attached hydrogens (tertiary/aromatic N) is 5. The quantitative estimate of drug-likeness (QED) is 0.586. The van der Waals surface area contributed by atoms with Gasteiger partial charge in [0.05, 0.1) is 24.6 Å². The molecule has 0 rings (SSSR count). The molecule has 0 aliphatic rings. The Kier molecular flexibility index (Phi) is 4.63. The molecular weight excluding hydrogens is 178 g/mol. The van der Waals surface area contributed by atoms with Gasteiger partial charge in [-0.25, -0.2) is 0 Å². The normalized spacial score (nSPS) is 7.14. The van der Waals surface area contributed by atoms with Crippen molar-refractivity contribution in [2.75, 3.05) is 0 Å². The third-order valence-electron chi connectivity index (χ3n) is 1.42. The molecule has 0 amide bonds. The lowest BCUT2D eigenvalue weighted by molar-refractivity contribution is 0.943. The van der Waals surface area contributed by atoms with Crippen molar-refractivity contribution in [3.63, 3.8) is 0 Å². The topological polar surface area (TPSA) is 119 Å². The van der Waals surface area contributed by atoms with E-state index in [2.05, 4.69) is 0 Å². The van der Waals surface area contributed by atoms with Crippen LogP contribution in [0.25, 0.3) is 0 Å². The molecular formula is C9H3N5. The van der Waals surface area contributed by atoms with Crippen molar-refractivity contribution in [3.05, 3.63) is 11.1 Å². The highest BCUT2D eigenvalue weighted by Crippen LogP contribution is 2.17. The standard InChI is InChI=1S/C9H3N5/c10-2-1-9(7(3-11)4-12)8(5-13)6-14/h7H,1H2. The van der Waals surface area contributed by atoms with Crippen LogP contribution in [-0.4, -0.2) is 0 Å². The summed E-state index contributed by atoms with van der Waals surface area (Å²) >= 11 is 0. The minimum atomic E-state index is -1.20. The van der Waals surface area contributed by atoms with Crippen LogP contribution in [0.5, 0.6) is 0 Å². The highest BCUT2D eigenvalue weighted by molar-refractivity contribution is 5.45. The van der Waals surface area contributed by atoms with E-state index >= 15 is 0 Å². The van der Waals surface area contributed by atoms with Gasteiger partial charge in [-0.3, -0.25) is 0 Å². The van der Waals surface area contributed by atoms with Crippen LogP contribution in [0.3, 0.4) is 0 Å². The van der Waals surface area contributed by atoms with Crippen LogP contribution < -0.4 is 0 Å². The van der Waals surface area contributed by atoms with Crippen LogP contribution in [0.2, 0.25) is 0 Å². The summed E-state index contributed by atoms with van der Waals surface area (Å²) in [6.07, 6.45) is -0.262. The van der Waals surface area contributed by atoms with Gasteiger partial charge < -0.3 is 0 Å². The van der Waals surface area contributed by atoms with Crippen molar-refractivity contribution in [1.29, 1.82) is 26.3 Å². The Bertz CT molecular complexity index is 422. The van der Waals surface area contributed by atoms with Crippen LogP contribution in [0.4, 0.5) is 0 Å². The van der Waals surface area contributed by atoms with Crippen LogP contribution in [-0.2, 0) is 0 Å². The maximum absolute atomic E-state index is 8.53. The Balaban J connectivity index is 5.44. The van der Waals surface area contributed by atoms with E-state index in [4.69, 9.17) is 26.3 Å². The van der Waals surface area contributed by atoms with Gasteiger partial charge in [-0.05, 0) is 0 Å². The van der Waals surface area contributed by atoms with E-state index in [0.717, 1.165) is 0 Å². The van der Waals surface area contributed by atoms with Crippen LogP contribution in [0.1, 0.15) is 6.42 Å². The number of nitriles is 5. The minimum absolute atomic E-state index is 0.0255. The van der Waals surface area contributed by atoms with E-state index in [-0.39, 0.29) is 17.6 Å². The molecule has 64 valence electrons. The molecule has 0 spiro atoms. The zero-order chi connectivity index (χ0) is 11.0. The summed E-state index contributed by atoms with van der Waals surface area (Å²) in [6.45, 7) is 0. The Morgan fingerprint density at radius 3 is 1.71 bits per heavy atom. The van der Waals surface area contributed by atoms with Crippen LogP contribution in [0, 0.1) is 62.6 Å². The molecule has 14 heavy (non-hydrogen) atoms. The Labute approximate surface area is 80.9 Å². The first-order chi connectivity index (χ1) is 6.74. The molecule has 0 fully saturated rings. The third-order valence-corrected chi connectivity index (χ3v) is 1.42.